The van der Waals surface area contributed by atoms with Crippen molar-refractivity contribution in [3.05, 3.63) is 53.6 Å². The molecule has 0 aliphatic carbocycles. The first-order valence-corrected chi connectivity index (χ1v) is 15.6. The number of hydrogen-bond acceptors (Lipinski definition) is 5. The van der Waals surface area contributed by atoms with E-state index in [1.165, 1.54) is 4.90 Å². The SMILES string of the molecule is CCCCCOc1cc(/C=C/C(=O)c2ccc(SCCC)cc2)cc(OCCCCC)c1OCCCCC. The number of rotatable bonds is 21. The van der Waals surface area contributed by atoms with Gasteiger partial charge in [0.15, 0.2) is 17.3 Å². The van der Waals surface area contributed by atoms with E-state index in [0.29, 0.717) is 42.6 Å². The van der Waals surface area contributed by atoms with E-state index in [2.05, 4.69) is 27.7 Å². The Bertz CT molecular complexity index is 919. The quantitative estimate of drug-likeness (QED) is 0.0682. The predicted octanol–water partition coefficient (Wildman–Crippen LogP) is 9.79. The van der Waals surface area contributed by atoms with Gasteiger partial charge in [-0.05, 0) is 79.5 Å². The summed E-state index contributed by atoms with van der Waals surface area (Å²) in [5.41, 5.74) is 1.55. The summed E-state index contributed by atoms with van der Waals surface area (Å²) in [6.45, 7) is 10.6. The van der Waals surface area contributed by atoms with Crippen LogP contribution < -0.4 is 14.2 Å². The van der Waals surface area contributed by atoms with Crippen LogP contribution in [0.4, 0.5) is 0 Å². The van der Waals surface area contributed by atoms with Crippen molar-refractivity contribution >= 4 is 23.6 Å². The molecular formula is C33H48O4S. The lowest BCUT2D eigenvalue weighted by Crippen LogP contribution is -2.06. The Labute approximate surface area is 235 Å². The molecule has 5 heteroatoms. The molecule has 0 aliphatic heterocycles. The van der Waals surface area contributed by atoms with E-state index in [1.807, 2.05) is 54.2 Å². The maximum absolute atomic E-state index is 12.9. The number of carbonyl (C=O) groups is 1. The predicted molar refractivity (Wildman–Crippen MR) is 162 cm³/mol. The summed E-state index contributed by atoms with van der Waals surface area (Å²) in [5, 5.41) is 0. The van der Waals surface area contributed by atoms with Crippen molar-refractivity contribution in [1.29, 1.82) is 0 Å². The second kappa shape index (κ2) is 19.6. The molecule has 2 aromatic rings. The third-order valence-electron chi connectivity index (χ3n) is 6.09. The van der Waals surface area contributed by atoms with Crippen molar-refractivity contribution in [2.75, 3.05) is 25.6 Å². The molecule has 0 fully saturated rings. The number of unbranched alkanes of at least 4 members (excludes halogenated alkanes) is 6. The van der Waals surface area contributed by atoms with Gasteiger partial charge < -0.3 is 14.2 Å². The van der Waals surface area contributed by atoms with Crippen LogP contribution in [-0.2, 0) is 0 Å². The zero-order chi connectivity index (χ0) is 27.4. The van der Waals surface area contributed by atoms with Gasteiger partial charge in [0, 0.05) is 10.5 Å². The van der Waals surface area contributed by atoms with Crippen molar-refractivity contribution in [2.45, 2.75) is 96.8 Å². The molecule has 0 atom stereocenters. The third-order valence-corrected chi connectivity index (χ3v) is 7.31. The molecule has 0 bridgehead atoms. The van der Waals surface area contributed by atoms with E-state index in [9.17, 15) is 4.79 Å². The Morgan fingerprint density at radius 2 is 1.24 bits per heavy atom. The fourth-order valence-corrected chi connectivity index (χ4v) is 4.62. The largest absolute Gasteiger partial charge is 0.490 e. The summed E-state index contributed by atoms with van der Waals surface area (Å²) < 4.78 is 18.7. The Morgan fingerprint density at radius 1 is 0.711 bits per heavy atom. The number of carbonyl (C=O) groups excluding carboxylic acids is 1. The monoisotopic (exact) mass is 540 g/mol. The van der Waals surface area contributed by atoms with E-state index in [-0.39, 0.29) is 5.78 Å². The van der Waals surface area contributed by atoms with Crippen LogP contribution in [0, 0.1) is 0 Å². The van der Waals surface area contributed by atoms with Gasteiger partial charge in [-0.25, -0.2) is 0 Å². The van der Waals surface area contributed by atoms with Gasteiger partial charge in [-0.15, -0.1) is 11.8 Å². The van der Waals surface area contributed by atoms with Crippen molar-refractivity contribution in [2.24, 2.45) is 0 Å². The molecule has 0 aliphatic rings. The molecule has 0 N–H and O–H groups in total. The van der Waals surface area contributed by atoms with Gasteiger partial charge in [-0.3, -0.25) is 4.79 Å². The lowest BCUT2D eigenvalue weighted by molar-refractivity contribution is 0.104. The minimum Gasteiger partial charge on any atom is -0.490 e. The average Bonchev–Trinajstić information content (AvgIpc) is 2.94. The Hall–Kier alpha value is -2.40. The summed E-state index contributed by atoms with van der Waals surface area (Å²) in [4.78, 5) is 14.1. The van der Waals surface area contributed by atoms with Crippen molar-refractivity contribution < 1.29 is 19.0 Å². The maximum atomic E-state index is 12.9. The van der Waals surface area contributed by atoms with Gasteiger partial charge in [0.25, 0.3) is 0 Å². The lowest BCUT2D eigenvalue weighted by atomic mass is 10.1. The first kappa shape index (κ1) is 31.8. The molecule has 0 heterocycles. The first-order valence-electron chi connectivity index (χ1n) is 14.6. The Morgan fingerprint density at radius 3 is 1.74 bits per heavy atom. The van der Waals surface area contributed by atoms with Gasteiger partial charge in [0.05, 0.1) is 19.8 Å². The number of hydrogen-bond donors (Lipinski definition) is 0. The molecule has 38 heavy (non-hydrogen) atoms. The minimum absolute atomic E-state index is 0.0206. The van der Waals surface area contributed by atoms with Crippen LogP contribution in [0.5, 0.6) is 17.2 Å². The number of benzene rings is 2. The number of thioether (sulfide) groups is 1. The van der Waals surface area contributed by atoms with E-state index in [1.54, 1.807) is 6.08 Å². The van der Waals surface area contributed by atoms with Gasteiger partial charge in [-0.2, -0.15) is 0 Å². The fraction of sp³-hybridized carbons (Fsp3) is 0.545. The second-order valence-electron chi connectivity index (χ2n) is 9.58. The molecule has 2 aromatic carbocycles. The first-order chi connectivity index (χ1) is 18.6. The van der Waals surface area contributed by atoms with Gasteiger partial charge in [0.1, 0.15) is 0 Å². The molecule has 0 spiro atoms. The molecule has 0 unspecified atom stereocenters. The summed E-state index contributed by atoms with van der Waals surface area (Å²) in [6.07, 6.45) is 14.4. The number of allylic oxidation sites excluding steroid dienone is 1. The van der Waals surface area contributed by atoms with Gasteiger partial charge >= 0.3 is 0 Å². The molecular weight excluding hydrogens is 492 g/mol. The van der Waals surface area contributed by atoms with Crippen LogP contribution in [-0.4, -0.2) is 31.4 Å². The second-order valence-corrected chi connectivity index (χ2v) is 10.8. The maximum Gasteiger partial charge on any atom is 0.203 e. The molecule has 0 saturated heterocycles. The van der Waals surface area contributed by atoms with Crippen LogP contribution in [0.15, 0.2) is 47.4 Å². The van der Waals surface area contributed by atoms with Gasteiger partial charge in [-0.1, -0.05) is 72.3 Å². The zero-order valence-corrected chi connectivity index (χ0v) is 24.9. The van der Waals surface area contributed by atoms with Gasteiger partial charge in [0.2, 0.25) is 5.75 Å². The van der Waals surface area contributed by atoms with Crippen LogP contribution in [0.1, 0.15) is 108 Å². The number of ether oxygens (including phenoxy) is 3. The van der Waals surface area contributed by atoms with Crippen molar-refractivity contribution in [3.63, 3.8) is 0 Å². The fourth-order valence-electron chi connectivity index (χ4n) is 3.85. The van der Waals surface area contributed by atoms with E-state index >= 15 is 0 Å². The molecule has 210 valence electrons. The standard InChI is InChI=1S/C33H48O4S/c1-5-9-12-21-35-31-25-27(15-20-30(34)28-16-18-29(19-17-28)38-24-8-4)26-32(36-22-13-10-6-2)33(31)37-23-14-11-7-3/h15-20,25-26H,5-14,21-24H2,1-4H3/b20-15+. The molecule has 0 saturated carbocycles. The molecule has 0 amide bonds. The van der Waals surface area contributed by atoms with Crippen molar-refractivity contribution in [1.82, 2.24) is 0 Å². The summed E-state index contributed by atoms with van der Waals surface area (Å²) in [7, 11) is 0. The Kier molecular flexibility index (Phi) is 16.4. The van der Waals surface area contributed by atoms with E-state index in [0.717, 1.165) is 75.5 Å². The highest BCUT2D eigenvalue weighted by Crippen LogP contribution is 2.40. The van der Waals surface area contributed by atoms with E-state index in [4.69, 9.17) is 14.2 Å². The van der Waals surface area contributed by atoms with Crippen LogP contribution >= 0.6 is 11.8 Å². The lowest BCUT2D eigenvalue weighted by Gasteiger charge is -2.18. The normalized spacial score (nSPS) is 11.2. The zero-order valence-electron chi connectivity index (χ0n) is 24.1. The molecule has 0 radical (unpaired) electrons. The summed E-state index contributed by atoms with van der Waals surface area (Å²) >= 11 is 1.81. The van der Waals surface area contributed by atoms with Crippen LogP contribution in [0.25, 0.3) is 6.08 Å². The van der Waals surface area contributed by atoms with E-state index < -0.39 is 0 Å². The molecule has 4 nitrogen and oxygen atoms in total. The van der Waals surface area contributed by atoms with Crippen LogP contribution in [0.2, 0.25) is 0 Å². The smallest absolute Gasteiger partial charge is 0.203 e. The highest BCUT2D eigenvalue weighted by atomic mass is 32.2. The average molecular weight is 541 g/mol. The molecule has 0 aromatic heterocycles. The van der Waals surface area contributed by atoms with Crippen LogP contribution in [0.3, 0.4) is 0 Å². The Balaban J connectivity index is 2.27. The minimum atomic E-state index is -0.0206. The number of ketones is 1. The highest BCUT2D eigenvalue weighted by Gasteiger charge is 2.16. The van der Waals surface area contributed by atoms with Crippen molar-refractivity contribution in [3.8, 4) is 17.2 Å². The summed E-state index contributed by atoms with van der Waals surface area (Å²) in [5.74, 6) is 3.12. The summed E-state index contributed by atoms with van der Waals surface area (Å²) in [6, 6.07) is 11.8. The topological polar surface area (TPSA) is 44.8 Å². The molecule has 2 rings (SSSR count). The third kappa shape index (κ3) is 12.0. The highest BCUT2D eigenvalue weighted by molar-refractivity contribution is 7.99.